The van der Waals surface area contributed by atoms with E-state index in [-0.39, 0.29) is 11.7 Å². The zero-order valence-electron chi connectivity index (χ0n) is 16.8. The fourth-order valence-electron chi connectivity index (χ4n) is 3.66. The Bertz CT molecular complexity index is 784. The molecule has 1 aliphatic rings. The average molecular weight is 384 g/mol. The van der Waals surface area contributed by atoms with Crippen LogP contribution in [0, 0.1) is 5.82 Å². The molecule has 1 aromatic heterocycles. The highest BCUT2D eigenvalue weighted by molar-refractivity contribution is 5.93. The molecule has 0 unspecified atom stereocenters. The van der Waals surface area contributed by atoms with Crippen molar-refractivity contribution < 1.29 is 9.18 Å². The van der Waals surface area contributed by atoms with E-state index in [9.17, 15) is 9.18 Å². The number of para-hydroxylation sites is 1. The van der Waals surface area contributed by atoms with E-state index >= 15 is 0 Å². The summed E-state index contributed by atoms with van der Waals surface area (Å²) in [7, 11) is 0. The Balaban J connectivity index is 1.67. The molecule has 0 aliphatic carbocycles. The Morgan fingerprint density at radius 2 is 1.75 bits per heavy atom. The van der Waals surface area contributed by atoms with Crippen molar-refractivity contribution in [2.45, 2.75) is 26.7 Å². The number of anilines is 2. The van der Waals surface area contributed by atoms with E-state index in [4.69, 9.17) is 0 Å². The highest BCUT2D eigenvalue weighted by Crippen LogP contribution is 2.21. The Labute approximate surface area is 166 Å². The van der Waals surface area contributed by atoms with Gasteiger partial charge >= 0.3 is 0 Å². The number of pyridine rings is 1. The molecule has 0 radical (unpaired) electrons. The molecule has 1 aliphatic heterocycles. The van der Waals surface area contributed by atoms with Crippen LogP contribution in [0.4, 0.5) is 15.8 Å². The third kappa shape index (κ3) is 4.61. The number of nitrogens with zero attached hydrogens (tertiary/aromatic N) is 4. The van der Waals surface area contributed by atoms with Gasteiger partial charge in [0.25, 0.3) is 5.91 Å². The first-order valence-corrected chi connectivity index (χ1v) is 10.1. The highest BCUT2D eigenvalue weighted by Gasteiger charge is 2.24. The van der Waals surface area contributed by atoms with Crippen LogP contribution in [0.25, 0.3) is 0 Å². The Morgan fingerprint density at radius 1 is 1.07 bits per heavy atom. The van der Waals surface area contributed by atoms with Gasteiger partial charge in [-0.15, -0.1) is 0 Å². The maximum Gasteiger partial charge on any atom is 0.272 e. The molecule has 0 atom stereocenters. The Hall–Kier alpha value is -2.63. The standard InChI is InChI=1S/C22H29FN4O/c1-3-11-25(12-4-2)18-9-10-24-20(17-18)22(28)27-15-13-26(14-16-27)21-8-6-5-7-19(21)23/h5-10,17H,3-4,11-16H2,1-2H3. The van der Waals surface area contributed by atoms with Crippen molar-refractivity contribution in [2.75, 3.05) is 49.1 Å². The van der Waals surface area contributed by atoms with Gasteiger partial charge in [-0.05, 0) is 37.1 Å². The lowest BCUT2D eigenvalue weighted by molar-refractivity contribution is 0.0741. The molecule has 3 rings (SSSR count). The summed E-state index contributed by atoms with van der Waals surface area (Å²) >= 11 is 0. The van der Waals surface area contributed by atoms with Crippen molar-refractivity contribution in [3.63, 3.8) is 0 Å². The van der Waals surface area contributed by atoms with Gasteiger partial charge in [0.15, 0.2) is 0 Å². The minimum Gasteiger partial charge on any atom is -0.371 e. The molecule has 5 nitrogen and oxygen atoms in total. The maximum atomic E-state index is 14.0. The summed E-state index contributed by atoms with van der Waals surface area (Å²) < 4.78 is 14.0. The van der Waals surface area contributed by atoms with Crippen molar-refractivity contribution >= 4 is 17.3 Å². The molecule has 1 aromatic carbocycles. The number of benzene rings is 1. The zero-order valence-corrected chi connectivity index (χ0v) is 16.8. The fourth-order valence-corrected chi connectivity index (χ4v) is 3.66. The number of hydrogen-bond acceptors (Lipinski definition) is 4. The van der Waals surface area contributed by atoms with E-state index in [2.05, 4.69) is 23.7 Å². The molecule has 0 bridgehead atoms. The van der Waals surface area contributed by atoms with E-state index in [1.165, 1.54) is 6.07 Å². The van der Waals surface area contributed by atoms with E-state index in [1.54, 1.807) is 18.3 Å². The number of carbonyl (C=O) groups is 1. The van der Waals surface area contributed by atoms with Crippen LogP contribution in [0.3, 0.4) is 0 Å². The second kappa shape index (κ2) is 9.53. The van der Waals surface area contributed by atoms with Crippen molar-refractivity contribution in [1.82, 2.24) is 9.88 Å². The minimum atomic E-state index is -0.219. The first kappa shape index (κ1) is 20.1. The SMILES string of the molecule is CCCN(CCC)c1ccnc(C(=O)N2CCN(c3ccccc3F)CC2)c1. The van der Waals surface area contributed by atoms with Crippen LogP contribution in [-0.4, -0.2) is 55.1 Å². The number of amides is 1. The number of piperazine rings is 1. The first-order chi connectivity index (χ1) is 13.6. The maximum absolute atomic E-state index is 14.0. The number of carbonyl (C=O) groups excluding carboxylic acids is 1. The number of hydrogen-bond donors (Lipinski definition) is 0. The molecule has 0 spiro atoms. The summed E-state index contributed by atoms with van der Waals surface area (Å²) in [5.74, 6) is -0.272. The zero-order chi connectivity index (χ0) is 19.9. The van der Waals surface area contributed by atoms with Crippen molar-refractivity contribution in [1.29, 1.82) is 0 Å². The fraction of sp³-hybridized carbons (Fsp3) is 0.455. The van der Waals surface area contributed by atoms with Crippen LogP contribution in [0.15, 0.2) is 42.6 Å². The van der Waals surface area contributed by atoms with E-state index in [0.717, 1.165) is 31.6 Å². The summed E-state index contributed by atoms with van der Waals surface area (Å²) in [6.45, 7) is 8.60. The summed E-state index contributed by atoms with van der Waals surface area (Å²) in [5.41, 5.74) is 2.13. The largest absolute Gasteiger partial charge is 0.371 e. The van der Waals surface area contributed by atoms with Crippen LogP contribution in [-0.2, 0) is 0 Å². The normalized spacial score (nSPS) is 14.2. The number of rotatable bonds is 7. The van der Waals surface area contributed by atoms with Crippen molar-refractivity contribution in [3.05, 3.63) is 54.1 Å². The van der Waals surface area contributed by atoms with Gasteiger partial charge in [-0.1, -0.05) is 26.0 Å². The first-order valence-electron chi connectivity index (χ1n) is 10.1. The summed E-state index contributed by atoms with van der Waals surface area (Å²) in [6, 6.07) is 10.7. The lowest BCUT2D eigenvalue weighted by atomic mass is 10.2. The lowest BCUT2D eigenvalue weighted by Gasteiger charge is -2.36. The molecule has 150 valence electrons. The average Bonchev–Trinajstić information content (AvgIpc) is 2.74. The molecule has 2 heterocycles. The quantitative estimate of drug-likeness (QED) is 0.728. The van der Waals surface area contributed by atoms with Crippen LogP contribution in [0.5, 0.6) is 0 Å². The van der Waals surface area contributed by atoms with E-state index in [1.807, 2.05) is 28.0 Å². The van der Waals surface area contributed by atoms with Crippen molar-refractivity contribution in [3.8, 4) is 0 Å². The van der Waals surface area contributed by atoms with Gasteiger partial charge in [0, 0.05) is 51.2 Å². The Kier molecular flexibility index (Phi) is 6.85. The molecular weight excluding hydrogens is 355 g/mol. The number of halogens is 1. The van der Waals surface area contributed by atoms with Crippen molar-refractivity contribution in [2.24, 2.45) is 0 Å². The van der Waals surface area contributed by atoms with Gasteiger partial charge in [-0.3, -0.25) is 9.78 Å². The van der Waals surface area contributed by atoms with Gasteiger partial charge in [-0.2, -0.15) is 0 Å². The smallest absolute Gasteiger partial charge is 0.272 e. The summed E-state index contributed by atoms with van der Waals surface area (Å²) in [6.07, 6.45) is 3.84. The second-order valence-corrected chi connectivity index (χ2v) is 7.12. The molecule has 1 amide bonds. The van der Waals surface area contributed by atoms with Gasteiger partial charge in [0.2, 0.25) is 0 Å². The van der Waals surface area contributed by atoms with E-state index in [0.29, 0.717) is 37.6 Å². The molecule has 2 aromatic rings. The summed E-state index contributed by atoms with van der Waals surface area (Å²) in [5, 5.41) is 0. The van der Waals surface area contributed by atoms with Gasteiger partial charge in [-0.25, -0.2) is 4.39 Å². The van der Waals surface area contributed by atoms with Gasteiger partial charge in [0.1, 0.15) is 11.5 Å². The molecule has 6 heteroatoms. The third-order valence-corrected chi connectivity index (χ3v) is 5.07. The predicted molar refractivity (Wildman–Crippen MR) is 112 cm³/mol. The monoisotopic (exact) mass is 384 g/mol. The minimum absolute atomic E-state index is 0.0528. The van der Waals surface area contributed by atoms with E-state index < -0.39 is 0 Å². The van der Waals surface area contributed by atoms with Crippen LogP contribution >= 0.6 is 0 Å². The molecule has 0 saturated carbocycles. The Morgan fingerprint density at radius 3 is 2.39 bits per heavy atom. The van der Waals surface area contributed by atoms with Gasteiger partial charge < -0.3 is 14.7 Å². The molecule has 1 saturated heterocycles. The molecule has 28 heavy (non-hydrogen) atoms. The lowest BCUT2D eigenvalue weighted by Crippen LogP contribution is -2.49. The molecule has 1 fully saturated rings. The van der Waals surface area contributed by atoms with Crippen LogP contribution < -0.4 is 9.80 Å². The third-order valence-electron chi connectivity index (χ3n) is 5.07. The highest BCUT2D eigenvalue weighted by atomic mass is 19.1. The topological polar surface area (TPSA) is 39.7 Å². The van der Waals surface area contributed by atoms with Gasteiger partial charge in [0.05, 0.1) is 5.69 Å². The summed E-state index contributed by atoms with van der Waals surface area (Å²) in [4.78, 5) is 23.4. The molecular formula is C22H29FN4O. The van der Waals surface area contributed by atoms with Crippen LogP contribution in [0.2, 0.25) is 0 Å². The van der Waals surface area contributed by atoms with Crippen LogP contribution in [0.1, 0.15) is 37.2 Å². The molecule has 0 N–H and O–H groups in total. The number of aromatic nitrogens is 1. The second-order valence-electron chi connectivity index (χ2n) is 7.12. The predicted octanol–water partition coefficient (Wildman–Crippen LogP) is 3.81.